The first kappa shape index (κ1) is 16.8. The third kappa shape index (κ3) is 3.26. The first-order chi connectivity index (χ1) is 11.8. The Bertz CT molecular complexity index is 910. The molecule has 25 heavy (non-hydrogen) atoms. The van der Waals surface area contributed by atoms with Gasteiger partial charge in [-0.2, -0.15) is 0 Å². The van der Waals surface area contributed by atoms with Crippen LogP contribution < -0.4 is 4.74 Å². The number of hydrogen-bond acceptors (Lipinski definition) is 4. The molecule has 3 rings (SSSR count). The molecule has 0 bridgehead atoms. The highest BCUT2D eigenvalue weighted by Crippen LogP contribution is 2.43. The summed E-state index contributed by atoms with van der Waals surface area (Å²) in [6, 6.07) is 7.13. The molecule has 0 radical (unpaired) electrons. The number of benzene rings is 2. The lowest BCUT2D eigenvalue weighted by Crippen LogP contribution is -2.28. The van der Waals surface area contributed by atoms with Crippen LogP contribution in [0.3, 0.4) is 0 Å². The molecular weight excluding hydrogens is 323 g/mol. The molecule has 2 aromatic rings. The van der Waals surface area contributed by atoms with Gasteiger partial charge in [-0.1, -0.05) is 18.2 Å². The number of rotatable bonds is 3. The van der Waals surface area contributed by atoms with E-state index in [9.17, 15) is 19.4 Å². The monoisotopic (exact) mass is 340 g/mol. The summed E-state index contributed by atoms with van der Waals surface area (Å²) in [4.78, 5) is 12.6. The Morgan fingerprint density at radius 3 is 2.64 bits per heavy atom. The van der Waals surface area contributed by atoms with Crippen molar-refractivity contribution in [2.75, 3.05) is 0 Å². The second-order valence-electron chi connectivity index (χ2n) is 6.29. The number of aromatic hydroxyl groups is 2. The first-order valence-electron chi connectivity index (χ1n) is 7.72. The van der Waals surface area contributed by atoms with E-state index >= 15 is 0 Å². The summed E-state index contributed by atoms with van der Waals surface area (Å²) in [6.07, 6.45) is 5.89. The fourth-order valence-corrected chi connectivity index (χ4v) is 2.59. The standard InChI is InChI=1S/C20H17FO4/c1-20(2)10-9-13-16(23)11-17(24)18(19(13)25-20)15(22)8-7-12-5-3-4-6-14(12)21/h3-11,23-24H,1-2H3/b8-7+. The molecule has 128 valence electrons. The van der Waals surface area contributed by atoms with Crippen LogP contribution >= 0.6 is 0 Å². The maximum Gasteiger partial charge on any atom is 0.193 e. The van der Waals surface area contributed by atoms with E-state index in [2.05, 4.69) is 0 Å². The summed E-state index contributed by atoms with van der Waals surface area (Å²) in [5, 5.41) is 20.1. The van der Waals surface area contributed by atoms with Gasteiger partial charge in [0, 0.05) is 11.6 Å². The number of allylic oxidation sites excluding steroid dienone is 1. The van der Waals surface area contributed by atoms with E-state index in [0.717, 1.165) is 6.07 Å². The van der Waals surface area contributed by atoms with E-state index in [1.54, 1.807) is 38.1 Å². The average molecular weight is 340 g/mol. The molecule has 5 heteroatoms. The van der Waals surface area contributed by atoms with Gasteiger partial charge in [0.05, 0.1) is 5.56 Å². The number of phenols is 2. The van der Waals surface area contributed by atoms with Crippen LogP contribution in [0.15, 0.2) is 42.5 Å². The number of phenolic OH excluding ortho intramolecular Hbond substituents is 2. The lowest BCUT2D eigenvalue weighted by atomic mass is 9.96. The van der Waals surface area contributed by atoms with Crippen molar-refractivity contribution in [2.45, 2.75) is 19.4 Å². The Morgan fingerprint density at radius 2 is 1.92 bits per heavy atom. The summed E-state index contributed by atoms with van der Waals surface area (Å²) in [7, 11) is 0. The average Bonchev–Trinajstić information content (AvgIpc) is 2.52. The smallest absolute Gasteiger partial charge is 0.193 e. The number of halogens is 1. The van der Waals surface area contributed by atoms with Gasteiger partial charge in [0.25, 0.3) is 0 Å². The van der Waals surface area contributed by atoms with Crippen LogP contribution in [0.5, 0.6) is 17.2 Å². The van der Waals surface area contributed by atoms with Crippen LogP contribution in [0.1, 0.15) is 35.3 Å². The number of carbonyl (C=O) groups excluding carboxylic acids is 1. The molecule has 0 saturated heterocycles. The van der Waals surface area contributed by atoms with E-state index in [-0.39, 0.29) is 22.6 Å². The van der Waals surface area contributed by atoms with Gasteiger partial charge in [-0.05, 0) is 44.2 Å². The quantitative estimate of drug-likeness (QED) is 0.645. The third-order valence-corrected chi connectivity index (χ3v) is 3.86. The minimum absolute atomic E-state index is 0.0715. The predicted molar refractivity (Wildman–Crippen MR) is 93.3 cm³/mol. The van der Waals surface area contributed by atoms with Gasteiger partial charge < -0.3 is 14.9 Å². The van der Waals surface area contributed by atoms with Crippen molar-refractivity contribution in [3.05, 3.63) is 65.0 Å². The largest absolute Gasteiger partial charge is 0.507 e. The fourth-order valence-electron chi connectivity index (χ4n) is 2.59. The highest BCUT2D eigenvalue weighted by Gasteiger charge is 2.29. The van der Waals surface area contributed by atoms with E-state index in [0.29, 0.717) is 5.56 Å². The lowest BCUT2D eigenvalue weighted by Gasteiger charge is -2.29. The van der Waals surface area contributed by atoms with Crippen LogP contribution in [0.4, 0.5) is 4.39 Å². The Morgan fingerprint density at radius 1 is 1.20 bits per heavy atom. The zero-order valence-corrected chi connectivity index (χ0v) is 13.8. The molecule has 0 unspecified atom stereocenters. The van der Waals surface area contributed by atoms with E-state index < -0.39 is 23.0 Å². The zero-order valence-electron chi connectivity index (χ0n) is 13.8. The molecule has 0 aliphatic carbocycles. The van der Waals surface area contributed by atoms with Crippen LogP contribution in [0, 0.1) is 5.82 Å². The van der Waals surface area contributed by atoms with Crippen LogP contribution in [-0.2, 0) is 0 Å². The maximum atomic E-state index is 13.7. The Kier molecular flexibility index (Phi) is 4.08. The van der Waals surface area contributed by atoms with Crippen molar-refractivity contribution in [3.8, 4) is 17.2 Å². The van der Waals surface area contributed by atoms with Crippen molar-refractivity contribution >= 4 is 17.9 Å². The summed E-state index contributed by atoms with van der Waals surface area (Å²) in [5.41, 5.74) is -0.195. The normalized spacial score (nSPS) is 15.0. The van der Waals surface area contributed by atoms with E-state index in [4.69, 9.17) is 4.74 Å². The minimum Gasteiger partial charge on any atom is -0.507 e. The molecule has 1 aliphatic heterocycles. The molecule has 1 aliphatic rings. The zero-order chi connectivity index (χ0) is 18.2. The third-order valence-electron chi connectivity index (χ3n) is 3.86. The van der Waals surface area contributed by atoms with Crippen LogP contribution in [0.2, 0.25) is 0 Å². The van der Waals surface area contributed by atoms with Gasteiger partial charge in [0.15, 0.2) is 5.78 Å². The molecule has 0 amide bonds. The second-order valence-corrected chi connectivity index (χ2v) is 6.29. The Balaban J connectivity index is 2.05. The molecule has 2 aromatic carbocycles. The molecule has 0 fully saturated rings. The van der Waals surface area contributed by atoms with Crippen LogP contribution in [-0.4, -0.2) is 21.6 Å². The summed E-state index contributed by atoms with van der Waals surface area (Å²) < 4.78 is 19.4. The van der Waals surface area contributed by atoms with Gasteiger partial charge >= 0.3 is 0 Å². The van der Waals surface area contributed by atoms with Gasteiger partial charge in [-0.25, -0.2) is 4.39 Å². The van der Waals surface area contributed by atoms with Crippen LogP contribution in [0.25, 0.3) is 12.2 Å². The minimum atomic E-state index is -0.697. The molecule has 0 atom stereocenters. The van der Waals surface area contributed by atoms with Gasteiger partial charge in [-0.15, -0.1) is 0 Å². The topological polar surface area (TPSA) is 66.8 Å². The number of ketones is 1. The lowest BCUT2D eigenvalue weighted by molar-refractivity contribution is 0.103. The molecule has 1 heterocycles. The van der Waals surface area contributed by atoms with Crippen molar-refractivity contribution in [1.29, 1.82) is 0 Å². The number of hydrogen-bond donors (Lipinski definition) is 2. The van der Waals surface area contributed by atoms with Crippen molar-refractivity contribution in [2.24, 2.45) is 0 Å². The highest BCUT2D eigenvalue weighted by molar-refractivity contribution is 6.11. The highest BCUT2D eigenvalue weighted by atomic mass is 19.1. The maximum absolute atomic E-state index is 13.7. The van der Waals surface area contributed by atoms with Crippen molar-refractivity contribution in [3.63, 3.8) is 0 Å². The molecule has 4 nitrogen and oxygen atoms in total. The number of carbonyl (C=O) groups is 1. The molecule has 0 saturated carbocycles. The van der Waals surface area contributed by atoms with E-state index in [1.165, 1.54) is 24.3 Å². The van der Waals surface area contributed by atoms with Crippen molar-refractivity contribution < 1.29 is 24.1 Å². The van der Waals surface area contributed by atoms with Gasteiger partial charge in [0.1, 0.15) is 34.2 Å². The number of fused-ring (bicyclic) bond motifs is 1. The SMILES string of the molecule is CC1(C)C=Cc2c(O)cc(O)c(C(=O)/C=C/c3ccccc3F)c2O1. The summed E-state index contributed by atoms with van der Waals surface area (Å²) >= 11 is 0. The summed E-state index contributed by atoms with van der Waals surface area (Å²) in [6.45, 7) is 3.58. The predicted octanol–water partition coefficient (Wildman–Crippen LogP) is 4.32. The van der Waals surface area contributed by atoms with E-state index in [1.807, 2.05) is 0 Å². The second kappa shape index (κ2) is 6.09. The Hall–Kier alpha value is -3.08. The molecular formula is C20H17FO4. The van der Waals surface area contributed by atoms with Gasteiger partial charge in [-0.3, -0.25) is 4.79 Å². The molecule has 0 aromatic heterocycles. The van der Waals surface area contributed by atoms with Crippen molar-refractivity contribution in [1.82, 2.24) is 0 Å². The first-order valence-corrected chi connectivity index (χ1v) is 7.72. The Labute approximate surface area is 144 Å². The molecule has 0 spiro atoms. The molecule has 2 N–H and O–H groups in total. The number of ether oxygens (including phenoxy) is 1. The van der Waals surface area contributed by atoms with Gasteiger partial charge in [0.2, 0.25) is 0 Å². The fraction of sp³-hybridized carbons (Fsp3) is 0.150. The summed E-state index contributed by atoms with van der Waals surface area (Å²) in [5.74, 6) is -1.49.